The van der Waals surface area contributed by atoms with Crippen LogP contribution in [0, 0.1) is 5.92 Å². The third-order valence-corrected chi connectivity index (χ3v) is 6.30. The van der Waals surface area contributed by atoms with Crippen LogP contribution in [0.5, 0.6) is 0 Å². The number of carbonyl (C=O) groups is 1. The Morgan fingerprint density at radius 1 is 0.964 bits per heavy atom. The van der Waals surface area contributed by atoms with Crippen molar-refractivity contribution in [2.45, 2.75) is 39.0 Å². The van der Waals surface area contributed by atoms with Crippen molar-refractivity contribution in [1.82, 2.24) is 24.9 Å². The van der Waals surface area contributed by atoms with Gasteiger partial charge in [0.05, 0.1) is 6.54 Å². The minimum Gasteiger partial charge on any atom is -0.357 e. The summed E-state index contributed by atoms with van der Waals surface area (Å²) in [5, 5.41) is 3.48. The molecule has 3 heterocycles. The van der Waals surface area contributed by atoms with Crippen molar-refractivity contribution in [2.24, 2.45) is 10.9 Å². The second kappa shape index (κ2) is 11.0. The molecule has 1 N–H and O–H groups in total. The van der Waals surface area contributed by atoms with E-state index in [9.17, 15) is 4.79 Å². The van der Waals surface area contributed by atoms with Crippen LogP contribution in [0.2, 0.25) is 0 Å². The van der Waals surface area contributed by atoms with Gasteiger partial charge in [-0.05, 0) is 58.5 Å². The fraction of sp³-hybridized carbons (Fsp3) is 0.905. The minimum atomic E-state index is 0.315. The van der Waals surface area contributed by atoms with Crippen LogP contribution in [0.4, 0.5) is 0 Å². The first-order valence-corrected chi connectivity index (χ1v) is 11.4. The summed E-state index contributed by atoms with van der Waals surface area (Å²) in [6, 6.07) is 0. The maximum absolute atomic E-state index is 12.5. The zero-order valence-corrected chi connectivity index (χ0v) is 18.0. The number of hydrogen-bond donors (Lipinski definition) is 1. The molecule has 28 heavy (non-hydrogen) atoms. The smallest absolute Gasteiger partial charge is 0.236 e. The molecule has 0 aliphatic carbocycles. The molecule has 0 radical (unpaired) electrons. The van der Waals surface area contributed by atoms with E-state index in [2.05, 4.69) is 38.9 Å². The Morgan fingerprint density at radius 3 is 2.39 bits per heavy atom. The predicted octanol–water partition coefficient (Wildman–Crippen LogP) is 0.924. The number of amides is 1. The van der Waals surface area contributed by atoms with Crippen LogP contribution in [0.1, 0.15) is 39.0 Å². The fourth-order valence-corrected chi connectivity index (χ4v) is 4.62. The van der Waals surface area contributed by atoms with Gasteiger partial charge in [0.25, 0.3) is 0 Å². The second-order valence-electron chi connectivity index (χ2n) is 8.67. The molecule has 0 aromatic carbocycles. The molecule has 1 unspecified atom stereocenters. The Hall–Kier alpha value is -1.34. The largest absolute Gasteiger partial charge is 0.357 e. The quantitative estimate of drug-likeness (QED) is 0.557. The first-order chi connectivity index (χ1) is 13.7. The van der Waals surface area contributed by atoms with E-state index in [4.69, 9.17) is 4.99 Å². The van der Waals surface area contributed by atoms with Crippen molar-refractivity contribution in [2.75, 3.05) is 79.0 Å². The van der Waals surface area contributed by atoms with Crippen molar-refractivity contribution >= 4 is 11.9 Å². The molecule has 3 rings (SSSR count). The molecule has 1 amide bonds. The molecular weight excluding hydrogens is 352 g/mol. The Kier molecular flexibility index (Phi) is 8.40. The summed E-state index contributed by atoms with van der Waals surface area (Å²) < 4.78 is 0. The summed E-state index contributed by atoms with van der Waals surface area (Å²) in [6.07, 6.45) is 6.18. The minimum absolute atomic E-state index is 0.315. The van der Waals surface area contributed by atoms with Crippen LogP contribution < -0.4 is 5.32 Å². The normalized spacial score (nSPS) is 25.8. The summed E-state index contributed by atoms with van der Waals surface area (Å²) in [5.74, 6) is 2.05. The van der Waals surface area contributed by atoms with Gasteiger partial charge < -0.3 is 20.0 Å². The van der Waals surface area contributed by atoms with Crippen LogP contribution in [0.3, 0.4) is 0 Å². The zero-order valence-electron chi connectivity index (χ0n) is 18.0. The second-order valence-corrected chi connectivity index (χ2v) is 8.67. The van der Waals surface area contributed by atoms with Gasteiger partial charge in [-0.25, -0.2) is 0 Å². The number of likely N-dealkylation sites (tertiary alicyclic amines) is 2. The van der Waals surface area contributed by atoms with Crippen LogP contribution in [0.15, 0.2) is 4.99 Å². The van der Waals surface area contributed by atoms with Gasteiger partial charge in [-0.2, -0.15) is 0 Å². The fourth-order valence-electron chi connectivity index (χ4n) is 4.62. The molecule has 0 saturated carbocycles. The van der Waals surface area contributed by atoms with Crippen molar-refractivity contribution in [1.29, 1.82) is 0 Å². The lowest BCUT2D eigenvalue weighted by Crippen LogP contribution is -2.54. The molecule has 7 nitrogen and oxygen atoms in total. The third-order valence-electron chi connectivity index (χ3n) is 6.30. The van der Waals surface area contributed by atoms with Crippen molar-refractivity contribution < 1.29 is 4.79 Å². The van der Waals surface area contributed by atoms with E-state index in [1.165, 1.54) is 38.6 Å². The standard InChI is InChI=1S/C21H40N6O/c1-3-22-21(23-16-19-8-7-9-24(2)17-19)27-14-12-25(13-15-27)18-20(28)26-10-5-4-6-11-26/h19H,3-18H2,1-2H3,(H,22,23). The molecule has 3 saturated heterocycles. The topological polar surface area (TPSA) is 54.4 Å². The van der Waals surface area contributed by atoms with Crippen LogP contribution in [-0.2, 0) is 4.79 Å². The van der Waals surface area contributed by atoms with Gasteiger partial charge in [0.2, 0.25) is 5.91 Å². The number of nitrogens with zero attached hydrogens (tertiary/aromatic N) is 5. The summed E-state index contributed by atoms with van der Waals surface area (Å²) >= 11 is 0. The van der Waals surface area contributed by atoms with E-state index in [1.807, 2.05) is 0 Å². The van der Waals surface area contributed by atoms with Crippen LogP contribution in [-0.4, -0.2) is 111 Å². The number of guanidine groups is 1. The number of piperidine rings is 2. The summed E-state index contributed by atoms with van der Waals surface area (Å²) in [6.45, 7) is 12.6. The van der Waals surface area contributed by atoms with Gasteiger partial charge in [0.1, 0.15) is 0 Å². The number of carbonyl (C=O) groups excluding carboxylic acids is 1. The average molecular weight is 393 g/mol. The van der Waals surface area contributed by atoms with E-state index in [0.717, 1.165) is 64.9 Å². The predicted molar refractivity (Wildman–Crippen MR) is 115 cm³/mol. The van der Waals surface area contributed by atoms with Crippen molar-refractivity contribution in [3.63, 3.8) is 0 Å². The van der Waals surface area contributed by atoms with Gasteiger partial charge in [0.15, 0.2) is 5.96 Å². The first kappa shape index (κ1) is 21.4. The molecular formula is C21H40N6O. The molecule has 3 aliphatic rings. The molecule has 1 atom stereocenters. The number of aliphatic imine (C=N–C) groups is 1. The Bertz CT molecular complexity index is 511. The Morgan fingerprint density at radius 2 is 1.71 bits per heavy atom. The molecule has 0 spiro atoms. The van der Waals surface area contributed by atoms with Gasteiger partial charge in [-0.1, -0.05) is 0 Å². The van der Waals surface area contributed by atoms with E-state index < -0.39 is 0 Å². The van der Waals surface area contributed by atoms with Gasteiger partial charge in [-0.3, -0.25) is 14.7 Å². The highest BCUT2D eigenvalue weighted by Crippen LogP contribution is 2.15. The average Bonchev–Trinajstić information content (AvgIpc) is 2.72. The lowest BCUT2D eigenvalue weighted by atomic mass is 9.99. The monoisotopic (exact) mass is 392 g/mol. The molecule has 3 aliphatic heterocycles. The number of rotatable bonds is 5. The third kappa shape index (κ3) is 6.34. The van der Waals surface area contributed by atoms with Crippen molar-refractivity contribution in [3.8, 4) is 0 Å². The zero-order chi connectivity index (χ0) is 19.8. The molecule has 3 fully saturated rings. The van der Waals surface area contributed by atoms with Gasteiger partial charge >= 0.3 is 0 Å². The lowest BCUT2D eigenvalue weighted by Gasteiger charge is -2.37. The van der Waals surface area contributed by atoms with Gasteiger partial charge in [-0.15, -0.1) is 0 Å². The van der Waals surface area contributed by atoms with E-state index in [1.54, 1.807) is 0 Å². The van der Waals surface area contributed by atoms with E-state index in [-0.39, 0.29) is 0 Å². The van der Waals surface area contributed by atoms with E-state index in [0.29, 0.717) is 18.4 Å². The highest BCUT2D eigenvalue weighted by Gasteiger charge is 2.24. The molecule has 7 heteroatoms. The maximum Gasteiger partial charge on any atom is 0.236 e. The summed E-state index contributed by atoms with van der Waals surface area (Å²) in [4.78, 5) is 26.7. The SMILES string of the molecule is CCNC(=NCC1CCCN(C)C1)N1CCN(CC(=O)N2CCCCC2)CC1. The van der Waals surface area contributed by atoms with E-state index >= 15 is 0 Å². The molecule has 0 aromatic heterocycles. The summed E-state index contributed by atoms with van der Waals surface area (Å²) in [5.41, 5.74) is 0. The highest BCUT2D eigenvalue weighted by molar-refractivity contribution is 5.80. The van der Waals surface area contributed by atoms with Gasteiger partial charge in [0, 0.05) is 58.9 Å². The summed E-state index contributed by atoms with van der Waals surface area (Å²) in [7, 11) is 2.21. The lowest BCUT2D eigenvalue weighted by molar-refractivity contribution is -0.133. The first-order valence-electron chi connectivity index (χ1n) is 11.4. The highest BCUT2D eigenvalue weighted by atomic mass is 16.2. The molecule has 0 aromatic rings. The van der Waals surface area contributed by atoms with Crippen molar-refractivity contribution in [3.05, 3.63) is 0 Å². The number of piperazine rings is 1. The number of hydrogen-bond acceptors (Lipinski definition) is 4. The maximum atomic E-state index is 12.5. The Balaban J connectivity index is 1.45. The van der Waals surface area contributed by atoms with Crippen LogP contribution >= 0.6 is 0 Å². The number of nitrogens with one attached hydrogen (secondary N) is 1. The van der Waals surface area contributed by atoms with Crippen LogP contribution in [0.25, 0.3) is 0 Å². The molecule has 0 bridgehead atoms. The Labute approximate surface area is 171 Å². The molecule has 160 valence electrons.